The number of rotatable bonds is 3. The summed E-state index contributed by atoms with van der Waals surface area (Å²) in [5, 5.41) is 0. The molecule has 0 atom stereocenters. The Labute approximate surface area is 87.0 Å². The zero-order valence-corrected chi connectivity index (χ0v) is 8.30. The highest BCUT2D eigenvalue weighted by Crippen LogP contribution is 2.04. The molecule has 0 unspecified atom stereocenters. The van der Waals surface area contributed by atoms with Crippen molar-refractivity contribution >= 4 is 5.78 Å². The first-order valence-electron chi connectivity index (χ1n) is 4.58. The zero-order chi connectivity index (χ0) is 10.7. The minimum atomic E-state index is -0.101. The summed E-state index contributed by atoms with van der Waals surface area (Å²) in [6.07, 6.45) is 6.63. The van der Waals surface area contributed by atoms with Gasteiger partial charge in [0.15, 0.2) is 5.82 Å². The molecule has 0 amide bonds. The molecule has 2 heterocycles. The van der Waals surface area contributed by atoms with E-state index in [1.165, 1.54) is 0 Å². The van der Waals surface area contributed by atoms with Crippen LogP contribution in [0.15, 0.2) is 35.4 Å². The van der Waals surface area contributed by atoms with Gasteiger partial charge in [-0.15, -0.1) is 0 Å². The topological polar surface area (TPSA) is 56.0 Å². The third kappa shape index (κ3) is 2.28. The van der Waals surface area contributed by atoms with Crippen LogP contribution in [0, 0.1) is 6.92 Å². The van der Waals surface area contributed by atoms with E-state index in [-0.39, 0.29) is 18.0 Å². The number of nitrogens with zero attached hydrogens (tertiary/aromatic N) is 2. The van der Waals surface area contributed by atoms with Crippen LogP contribution in [0.1, 0.15) is 21.7 Å². The minimum Gasteiger partial charge on any atom is -0.472 e. The second-order valence-electron chi connectivity index (χ2n) is 3.32. The van der Waals surface area contributed by atoms with E-state index in [0.29, 0.717) is 0 Å². The average molecular weight is 202 g/mol. The Balaban J connectivity index is 2.11. The van der Waals surface area contributed by atoms with Crippen LogP contribution in [0.2, 0.25) is 0 Å². The fraction of sp³-hybridized carbons (Fsp3) is 0.182. The molecular weight excluding hydrogens is 192 g/mol. The van der Waals surface area contributed by atoms with E-state index in [4.69, 9.17) is 4.42 Å². The normalized spacial score (nSPS) is 10.2. The fourth-order valence-electron chi connectivity index (χ4n) is 1.19. The van der Waals surface area contributed by atoms with Gasteiger partial charge >= 0.3 is 0 Å². The van der Waals surface area contributed by atoms with Crippen LogP contribution in [0.5, 0.6) is 0 Å². The van der Waals surface area contributed by atoms with Gasteiger partial charge in [0.25, 0.3) is 0 Å². The first-order valence-corrected chi connectivity index (χ1v) is 4.58. The molecule has 4 heteroatoms. The number of aromatic nitrogens is 2. The minimum absolute atomic E-state index is 0.101. The molecule has 0 radical (unpaired) electrons. The largest absolute Gasteiger partial charge is 0.472 e. The third-order valence-corrected chi connectivity index (χ3v) is 1.98. The number of carbonyl (C=O) groups excluding carboxylic acids is 1. The van der Waals surface area contributed by atoms with Gasteiger partial charge in [0, 0.05) is 18.8 Å². The molecule has 0 saturated heterocycles. The van der Waals surface area contributed by atoms with E-state index >= 15 is 0 Å². The number of carbonyl (C=O) groups is 1. The van der Waals surface area contributed by atoms with Gasteiger partial charge in [-0.25, -0.2) is 9.97 Å². The van der Waals surface area contributed by atoms with Crippen molar-refractivity contribution in [2.75, 3.05) is 0 Å². The maximum atomic E-state index is 11.7. The van der Waals surface area contributed by atoms with E-state index in [0.717, 1.165) is 11.1 Å². The number of hydrogen-bond acceptors (Lipinski definition) is 4. The molecule has 2 aromatic heterocycles. The molecular formula is C11H10N2O2. The summed E-state index contributed by atoms with van der Waals surface area (Å²) in [5.41, 5.74) is 1.78. The van der Waals surface area contributed by atoms with Crippen molar-refractivity contribution in [3.63, 3.8) is 0 Å². The Bertz CT molecular complexity index is 446. The molecule has 0 spiro atoms. The first-order chi connectivity index (χ1) is 7.25. The highest BCUT2D eigenvalue weighted by atomic mass is 16.3. The quantitative estimate of drug-likeness (QED) is 0.712. The summed E-state index contributed by atoms with van der Waals surface area (Å²) < 4.78 is 4.88. The SMILES string of the molecule is Cc1cnc(C(=O)Cc2ccoc2)nc1. The Morgan fingerprint density at radius 1 is 1.40 bits per heavy atom. The summed E-state index contributed by atoms with van der Waals surface area (Å²) in [4.78, 5) is 19.6. The maximum Gasteiger partial charge on any atom is 0.204 e. The van der Waals surface area contributed by atoms with E-state index in [2.05, 4.69) is 9.97 Å². The monoisotopic (exact) mass is 202 g/mol. The summed E-state index contributed by atoms with van der Waals surface area (Å²) in [6, 6.07) is 1.76. The smallest absolute Gasteiger partial charge is 0.204 e. The molecule has 2 aromatic rings. The van der Waals surface area contributed by atoms with Crippen LogP contribution in [-0.4, -0.2) is 15.8 Å². The van der Waals surface area contributed by atoms with E-state index in [9.17, 15) is 4.79 Å². The molecule has 0 bridgehead atoms. The fourth-order valence-corrected chi connectivity index (χ4v) is 1.19. The lowest BCUT2D eigenvalue weighted by molar-refractivity contribution is 0.0982. The van der Waals surface area contributed by atoms with E-state index < -0.39 is 0 Å². The predicted octanol–water partition coefficient (Wildman–Crippen LogP) is 1.80. The van der Waals surface area contributed by atoms with Crippen LogP contribution in [0.3, 0.4) is 0 Å². The standard InChI is InChI=1S/C11H10N2O2/c1-8-5-12-11(13-6-8)10(14)4-9-2-3-15-7-9/h2-3,5-7H,4H2,1H3. The van der Waals surface area contributed by atoms with E-state index in [1.807, 2.05) is 6.92 Å². The van der Waals surface area contributed by atoms with Gasteiger partial charge < -0.3 is 4.42 Å². The third-order valence-electron chi connectivity index (χ3n) is 1.98. The van der Waals surface area contributed by atoms with E-state index in [1.54, 1.807) is 31.0 Å². The van der Waals surface area contributed by atoms with Gasteiger partial charge in [0.1, 0.15) is 0 Å². The van der Waals surface area contributed by atoms with Gasteiger partial charge in [-0.1, -0.05) is 0 Å². The molecule has 76 valence electrons. The van der Waals surface area contributed by atoms with Crippen molar-refractivity contribution in [3.8, 4) is 0 Å². The van der Waals surface area contributed by atoms with Crippen LogP contribution in [0.4, 0.5) is 0 Å². The van der Waals surface area contributed by atoms with Crippen LogP contribution in [0.25, 0.3) is 0 Å². The van der Waals surface area contributed by atoms with Crippen molar-refractivity contribution in [1.82, 2.24) is 9.97 Å². The molecule has 0 aliphatic rings. The molecule has 0 saturated carbocycles. The van der Waals surface area contributed by atoms with Crippen molar-refractivity contribution in [3.05, 3.63) is 47.9 Å². The molecule has 0 aliphatic carbocycles. The number of furan rings is 1. The Kier molecular flexibility index (Phi) is 2.58. The van der Waals surface area contributed by atoms with Gasteiger partial charge in [0.2, 0.25) is 5.78 Å². The number of hydrogen-bond donors (Lipinski definition) is 0. The van der Waals surface area contributed by atoms with Crippen molar-refractivity contribution in [1.29, 1.82) is 0 Å². The van der Waals surface area contributed by atoms with Crippen molar-refractivity contribution in [2.45, 2.75) is 13.3 Å². The zero-order valence-electron chi connectivity index (χ0n) is 8.30. The summed E-state index contributed by atoms with van der Waals surface area (Å²) in [5.74, 6) is 0.151. The van der Waals surface area contributed by atoms with Gasteiger partial charge in [-0.3, -0.25) is 4.79 Å². The highest BCUT2D eigenvalue weighted by molar-refractivity contribution is 5.93. The molecule has 4 nitrogen and oxygen atoms in total. The van der Waals surface area contributed by atoms with Crippen LogP contribution in [-0.2, 0) is 6.42 Å². The summed E-state index contributed by atoms with van der Waals surface area (Å²) in [6.45, 7) is 1.88. The number of ketones is 1. The van der Waals surface area contributed by atoms with Gasteiger partial charge in [0.05, 0.1) is 12.5 Å². The lowest BCUT2D eigenvalue weighted by Crippen LogP contribution is -2.07. The van der Waals surface area contributed by atoms with Crippen LogP contribution >= 0.6 is 0 Å². The van der Waals surface area contributed by atoms with Crippen molar-refractivity contribution in [2.24, 2.45) is 0 Å². The average Bonchev–Trinajstić information content (AvgIpc) is 2.71. The Morgan fingerprint density at radius 3 is 2.73 bits per heavy atom. The Hall–Kier alpha value is -1.97. The molecule has 0 fully saturated rings. The molecule has 15 heavy (non-hydrogen) atoms. The van der Waals surface area contributed by atoms with Crippen LogP contribution < -0.4 is 0 Å². The van der Waals surface area contributed by atoms with Crippen molar-refractivity contribution < 1.29 is 9.21 Å². The van der Waals surface area contributed by atoms with Gasteiger partial charge in [-0.2, -0.15) is 0 Å². The molecule has 0 aliphatic heterocycles. The number of Topliss-reactive ketones (excluding diaryl/α,β-unsaturated/α-hetero) is 1. The number of aryl methyl sites for hydroxylation is 1. The second-order valence-corrected chi connectivity index (χ2v) is 3.32. The summed E-state index contributed by atoms with van der Waals surface area (Å²) >= 11 is 0. The Morgan fingerprint density at radius 2 is 2.13 bits per heavy atom. The molecule has 0 aromatic carbocycles. The molecule has 2 rings (SSSR count). The predicted molar refractivity (Wildman–Crippen MR) is 53.5 cm³/mol. The maximum absolute atomic E-state index is 11.7. The molecule has 0 N–H and O–H groups in total. The summed E-state index contributed by atoms with van der Waals surface area (Å²) in [7, 11) is 0. The first kappa shape index (κ1) is 9.58. The second kappa shape index (κ2) is 4.04. The highest BCUT2D eigenvalue weighted by Gasteiger charge is 2.10. The lowest BCUT2D eigenvalue weighted by Gasteiger charge is -1.97. The van der Waals surface area contributed by atoms with Gasteiger partial charge in [-0.05, 0) is 24.1 Å². The lowest BCUT2D eigenvalue weighted by atomic mass is 10.1.